The van der Waals surface area contributed by atoms with Crippen LogP contribution in [-0.2, 0) is 0 Å². The van der Waals surface area contributed by atoms with E-state index in [9.17, 15) is 0 Å². The Morgan fingerprint density at radius 2 is 0.897 bits per heavy atom. The maximum Gasteiger partial charge on any atom is 0.137 e. The molecule has 8 saturated carbocycles. The molecule has 0 atom stereocenters. The predicted molar refractivity (Wildman–Crippen MR) is 239 cm³/mol. The van der Waals surface area contributed by atoms with E-state index in [0.717, 1.165) is 70.1 Å². The van der Waals surface area contributed by atoms with E-state index in [1.54, 1.807) is 11.1 Å². The highest BCUT2D eigenvalue weighted by atomic mass is 16.3. The molecule has 0 amide bonds. The fourth-order valence-electron chi connectivity index (χ4n) is 14.7. The molecule has 8 bridgehead atoms. The van der Waals surface area contributed by atoms with Crippen molar-refractivity contribution in [3.8, 4) is 22.3 Å². The second-order valence-corrected chi connectivity index (χ2v) is 19.9. The van der Waals surface area contributed by atoms with Crippen LogP contribution in [-0.4, -0.2) is 0 Å². The van der Waals surface area contributed by atoms with Gasteiger partial charge in [-0.25, -0.2) is 0 Å². The summed E-state index contributed by atoms with van der Waals surface area (Å²) in [4.78, 5) is 2.52. The summed E-state index contributed by atoms with van der Waals surface area (Å²) < 4.78 is 6.55. The van der Waals surface area contributed by atoms with Crippen LogP contribution in [0.15, 0.2) is 144 Å². The normalized spacial score (nSPS) is 30.4. The molecule has 0 radical (unpaired) electrons. The summed E-state index contributed by atoms with van der Waals surface area (Å²) in [5.74, 6) is 8.64. The molecular weight excluding hydrogens is 703 g/mol. The van der Waals surface area contributed by atoms with Crippen molar-refractivity contribution in [1.29, 1.82) is 0 Å². The molecule has 7 aromatic rings. The Hall–Kier alpha value is -5.08. The minimum Gasteiger partial charge on any atom is -0.456 e. The number of hydrogen-bond acceptors (Lipinski definition) is 2. The number of hydrogen-bond donors (Lipinski definition) is 0. The lowest BCUT2D eigenvalue weighted by atomic mass is 9.50. The van der Waals surface area contributed by atoms with Crippen molar-refractivity contribution in [2.75, 3.05) is 4.90 Å². The molecule has 0 saturated heterocycles. The smallest absolute Gasteiger partial charge is 0.137 e. The van der Waals surface area contributed by atoms with Gasteiger partial charge in [-0.2, -0.15) is 0 Å². The standard InChI is InChI=1S/C56H53NO/c1-2-7-38(8-3-1)39-13-15-48(16-14-39)57(49-17-18-52-51-11-4-5-12-53(51)58-54(52)33-49)50-31-42(30-47(32-50)56-45-25-36-20-37(27-45)28-46(56)26-36)40-9-6-10-41(29-40)55-43-21-34-19-35(23-43)24-44(55)22-34/h1-18,29-37,43-46,55-56H,19-28H2. The molecule has 0 aliphatic heterocycles. The third-order valence-corrected chi connectivity index (χ3v) is 16.5. The lowest BCUT2D eigenvalue weighted by Gasteiger charge is -2.55. The summed E-state index contributed by atoms with van der Waals surface area (Å²) in [6.07, 6.45) is 14.5. The maximum atomic E-state index is 6.55. The highest BCUT2D eigenvalue weighted by Gasteiger charge is 2.50. The van der Waals surface area contributed by atoms with Gasteiger partial charge in [0, 0.05) is 33.9 Å². The highest BCUT2D eigenvalue weighted by molar-refractivity contribution is 6.06. The Kier molecular flexibility index (Phi) is 7.71. The van der Waals surface area contributed by atoms with Gasteiger partial charge in [0.15, 0.2) is 0 Å². The van der Waals surface area contributed by atoms with Crippen molar-refractivity contribution in [3.05, 3.63) is 151 Å². The van der Waals surface area contributed by atoms with Crippen LogP contribution in [0.25, 0.3) is 44.2 Å². The van der Waals surface area contributed by atoms with Gasteiger partial charge in [0.25, 0.3) is 0 Å². The first kappa shape index (κ1) is 33.8. The van der Waals surface area contributed by atoms with Crippen LogP contribution >= 0.6 is 0 Å². The Morgan fingerprint density at radius 3 is 1.59 bits per heavy atom. The Morgan fingerprint density at radius 1 is 0.345 bits per heavy atom. The molecule has 288 valence electrons. The minimum atomic E-state index is 0.638. The number of rotatable bonds is 7. The number of furan rings is 1. The van der Waals surface area contributed by atoms with E-state index in [1.807, 2.05) is 0 Å². The summed E-state index contributed by atoms with van der Waals surface area (Å²) in [5, 5.41) is 2.34. The third kappa shape index (κ3) is 5.57. The zero-order valence-corrected chi connectivity index (χ0v) is 33.5. The van der Waals surface area contributed by atoms with Crippen LogP contribution < -0.4 is 4.90 Å². The van der Waals surface area contributed by atoms with E-state index >= 15 is 0 Å². The lowest BCUT2D eigenvalue weighted by Crippen LogP contribution is -2.43. The van der Waals surface area contributed by atoms with Crippen molar-refractivity contribution in [2.45, 2.75) is 76.0 Å². The maximum absolute atomic E-state index is 6.55. The van der Waals surface area contributed by atoms with Crippen LogP contribution in [0.2, 0.25) is 0 Å². The van der Waals surface area contributed by atoms with Crippen molar-refractivity contribution in [3.63, 3.8) is 0 Å². The monoisotopic (exact) mass is 755 g/mol. The van der Waals surface area contributed by atoms with Gasteiger partial charge in [0.05, 0.1) is 0 Å². The Bertz CT molecular complexity index is 2610. The number of fused-ring (bicyclic) bond motifs is 3. The molecule has 8 aliphatic carbocycles. The fourth-order valence-corrected chi connectivity index (χ4v) is 14.7. The molecule has 15 rings (SSSR count). The second-order valence-electron chi connectivity index (χ2n) is 19.9. The van der Waals surface area contributed by atoms with Gasteiger partial charge in [-0.05, 0) is 199 Å². The summed E-state index contributed by atoms with van der Waals surface area (Å²) in [7, 11) is 0. The topological polar surface area (TPSA) is 16.4 Å². The van der Waals surface area contributed by atoms with E-state index < -0.39 is 0 Å². The van der Waals surface area contributed by atoms with E-state index in [0.29, 0.717) is 5.92 Å². The van der Waals surface area contributed by atoms with Crippen LogP contribution in [0.1, 0.15) is 87.2 Å². The molecule has 2 heteroatoms. The minimum absolute atomic E-state index is 0.638. The molecule has 0 N–H and O–H groups in total. The van der Waals surface area contributed by atoms with Crippen molar-refractivity contribution < 1.29 is 4.42 Å². The third-order valence-electron chi connectivity index (χ3n) is 16.5. The molecule has 0 spiro atoms. The predicted octanol–water partition coefficient (Wildman–Crippen LogP) is 15.5. The SMILES string of the molecule is c1ccc(-c2ccc(N(c3cc(-c4cccc(C5C6CC7CC(C6)CC5C7)c4)cc(C4C5CC6CC(C5)CC4C6)c3)c3ccc4c(c3)oc3ccccc34)cc2)cc1. The highest BCUT2D eigenvalue weighted by Crippen LogP contribution is 2.62. The average molecular weight is 756 g/mol. The van der Waals surface area contributed by atoms with Crippen LogP contribution in [0, 0.1) is 47.3 Å². The van der Waals surface area contributed by atoms with Crippen LogP contribution in [0.5, 0.6) is 0 Å². The molecule has 6 aromatic carbocycles. The van der Waals surface area contributed by atoms with Gasteiger partial charge in [-0.15, -0.1) is 0 Å². The van der Waals surface area contributed by atoms with Gasteiger partial charge in [0.2, 0.25) is 0 Å². The zero-order valence-electron chi connectivity index (χ0n) is 33.5. The zero-order chi connectivity index (χ0) is 37.9. The molecule has 1 aromatic heterocycles. The molecule has 1 heterocycles. The first-order valence-corrected chi connectivity index (χ1v) is 22.8. The molecule has 8 aliphatic rings. The Balaban J connectivity index is 0.976. The van der Waals surface area contributed by atoms with E-state index in [1.165, 1.54) is 109 Å². The van der Waals surface area contributed by atoms with E-state index in [4.69, 9.17) is 4.42 Å². The van der Waals surface area contributed by atoms with Gasteiger partial charge in [-0.1, -0.05) is 91.0 Å². The first-order chi connectivity index (χ1) is 28.6. The van der Waals surface area contributed by atoms with Gasteiger partial charge in [0.1, 0.15) is 11.2 Å². The van der Waals surface area contributed by atoms with Crippen molar-refractivity contribution in [2.24, 2.45) is 47.3 Å². The van der Waals surface area contributed by atoms with Crippen molar-refractivity contribution in [1.82, 2.24) is 0 Å². The van der Waals surface area contributed by atoms with E-state index in [2.05, 4.69) is 144 Å². The Labute approximate surface area is 343 Å². The lowest BCUT2D eigenvalue weighted by molar-refractivity contribution is -0.00286. The van der Waals surface area contributed by atoms with Gasteiger partial charge >= 0.3 is 0 Å². The molecule has 58 heavy (non-hydrogen) atoms. The number of benzene rings is 6. The average Bonchev–Trinajstić information content (AvgIpc) is 3.62. The molecule has 8 fully saturated rings. The summed E-state index contributed by atoms with van der Waals surface area (Å²) >= 11 is 0. The quantitative estimate of drug-likeness (QED) is 0.161. The molecular formula is C56H53NO. The summed E-state index contributed by atoms with van der Waals surface area (Å²) in [6.45, 7) is 0. The fraction of sp³-hybridized carbons (Fsp3) is 0.357. The first-order valence-electron chi connectivity index (χ1n) is 22.8. The largest absolute Gasteiger partial charge is 0.456 e. The molecule has 0 unspecified atom stereocenters. The van der Waals surface area contributed by atoms with Gasteiger partial charge in [-0.3, -0.25) is 0 Å². The second kappa shape index (κ2) is 13.2. The number of para-hydroxylation sites is 1. The summed E-state index contributed by atoms with van der Waals surface area (Å²) in [5.41, 5.74) is 13.9. The number of nitrogens with zero attached hydrogens (tertiary/aromatic N) is 1. The van der Waals surface area contributed by atoms with Crippen molar-refractivity contribution >= 4 is 39.0 Å². The van der Waals surface area contributed by atoms with Crippen LogP contribution in [0.3, 0.4) is 0 Å². The number of anilines is 3. The molecule has 2 nitrogen and oxygen atoms in total. The summed E-state index contributed by atoms with van der Waals surface area (Å²) in [6, 6.07) is 53.0. The van der Waals surface area contributed by atoms with Crippen LogP contribution in [0.4, 0.5) is 17.1 Å². The van der Waals surface area contributed by atoms with E-state index in [-0.39, 0.29) is 0 Å². The van der Waals surface area contributed by atoms with Gasteiger partial charge < -0.3 is 9.32 Å².